The molecule has 2 heterocycles. The molecule has 6 aliphatic rings. The Morgan fingerprint density at radius 3 is 2.13 bits per heavy atom. The molecule has 21 atom stereocenters. The Labute approximate surface area is 307 Å². The van der Waals surface area contributed by atoms with Crippen LogP contribution in [0, 0.1) is 46.3 Å². The summed E-state index contributed by atoms with van der Waals surface area (Å²) in [6.45, 7) is 9.79. The zero-order valence-corrected chi connectivity index (χ0v) is 31.6. The second-order valence-corrected chi connectivity index (χ2v) is 18.1. The predicted octanol–water partition coefficient (Wildman–Crippen LogP) is 0.0474. The predicted molar refractivity (Wildman–Crippen MR) is 184 cm³/mol. The molecule has 302 valence electrons. The Kier molecular flexibility index (Phi) is 12.2. The summed E-state index contributed by atoms with van der Waals surface area (Å²) in [5, 5.41) is 98.7. The minimum atomic E-state index is -1.31. The number of hydrogen-bond donors (Lipinski definition) is 9. The Morgan fingerprint density at radius 1 is 0.788 bits per heavy atom. The molecule has 14 nitrogen and oxygen atoms in total. The number of ether oxygens (including phenoxy) is 5. The van der Waals surface area contributed by atoms with Crippen LogP contribution in [0.4, 0.5) is 0 Å². The standard InChI is InChI=1S/C38H66O14/c1-17(2)24(50-35-32(30(46)25(15-39)51-35)52-34-31(48-6)29(45)23(43)16-49-34)8-7-18(3)19-13-21(41)33-36(19,4)12-10-26-37(5)11-9-20(40)28(44)27(37)22(42)14-38(26,33)47/h17-35,39-47H,7-16H2,1-6H3/t18-,19-,20+,21-,22+,23-,24+,25+,26-,27+,28+,29+,30+,31-,32-,33-,34+,35-,36-,37-,38+/m1/s1. The van der Waals surface area contributed by atoms with Crippen molar-refractivity contribution in [3.8, 4) is 0 Å². The number of methoxy groups -OCH3 is 1. The van der Waals surface area contributed by atoms with Crippen LogP contribution in [0.25, 0.3) is 0 Å². The quantitative estimate of drug-likeness (QED) is 0.136. The maximum Gasteiger partial charge on any atom is 0.187 e. The van der Waals surface area contributed by atoms with Crippen LogP contribution in [0.3, 0.4) is 0 Å². The van der Waals surface area contributed by atoms with E-state index in [0.717, 1.165) is 12.8 Å². The van der Waals surface area contributed by atoms with Gasteiger partial charge >= 0.3 is 0 Å². The first-order valence-electron chi connectivity index (χ1n) is 19.6. The molecule has 6 fully saturated rings. The molecule has 6 rings (SSSR count). The first-order chi connectivity index (χ1) is 24.4. The van der Waals surface area contributed by atoms with E-state index in [9.17, 15) is 46.0 Å². The fraction of sp³-hybridized carbons (Fsp3) is 1.00. The molecular weight excluding hydrogens is 680 g/mol. The van der Waals surface area contributed by atoms with Gasteiger partial charge in [-0.2, -0.15) is 0 Å². The van der Waals surface area contributed by atoms with Gasteiger partial charge in [-0.05, 0) is 79.4 Å². The molecule has 0 bridgehead atoms. The third kappa shape index (κ3) is 6.82. The Morgan fingerprint density at radius 2 is 1.48 bits per heavy atom. The number of fused-ring (bicyclic) bond motifs is 5. The summed E-state index contributed by atoms with van der Waals surface area (Å²) in [7, 11) is 1.35. The van der Waals surface area contributed by atoms with Crippen molar-refractivity contribution in [2.24, 2.45) is 46.3 Å². The van der Waals surface area contributed by atoms with Crippen molar-refractivity contribution < 1.29 is 69.6 Å². The molecule has 0 amide bonds. The summed E-state index contributed by atoms with van der Waals surface area (Å²) < 4.78 is 29.5. The molecule has 14 heteroatoms. The first-order valence-corrected chi connectivity index (χ1v) is 19.6. The molecule has 0 radical (unpaired) electrons. The fourth-order valence-electron chi connectivity index (χ4n) is 12.3. The molecule has 4 saturated carbocycles. The van der Waals surface area contributed by atoms with Crippen LogP contribution in [0.2, 0.25) is 0 Å². The zero-order chi connectivity index (χ0) is 38.1. The first kappa shape index (κ1) is 41.1. The molecule has 0 aromatic carbocycles. The van der Waals surface area contributed by atoms with Gasteiger partial charge in [-0.1, -0.05) is 34.6 Å². The van der Waals surface area contributed by atoms with Crippen LogP contribution in [0.15, 0.2) is 0 Å². The van der Waals surface area contributed by atoms with Crippen molar-refractivity contribution in [2.75, 3.05) is 20.3 Å². The van der Waals surface area contributed by atoms with Gasteiger partial charge in [0, 0.05) is 25.4 Å². The molecule has 52 heavy (non-hydrogen) atoms. The van der Waals surface area contributed by atoms with E-state index >= 15 is 0 Å². The Balaban J connectivity index is 1.14. The van der Waals surface area contributed by atoms with Gasteiger partial charge in [-0.15, -0.1) is 0 Å². The van der Waals surface area contributed by atoms with Crippen LogP contribution < -0.4 is 0 Å². The zero-order valence-electron chi connectivity index (χ0n) is 31.6. The summed E-state index contributed by atoms with van der Waals surface area (Å²) in [6.07, 6.45) is -8.58. The number of aliphatic hydroxyl groups excluding tert-OH is 8. The average Bonchev–Trinajstić information content (AvgIpc) is 3.53. The van der Waals surface area contributed by atoms with Gasteiger partial charge in [0.1, 0.15) is 36.6 Å². The summed E-state index contributed by atoms with van der Waals surface area (Å²) in [6, 6.07) is 0. The lowest BCUT2D eigenvalue weighted by molar-refractivity contribution is -0.311. The highest BCUT2D eigenvalue weighted by Gasteiger charge is 2.71. The van der Waals surface area contributed by atoms with Crippen molar-refractivity contribution in [1.29, 1.82) is 0 Å². The molecule has 0 spiro atoms. The Hall–Kier alpha value is -0.560. The van der Waals surface area contributed by atoms with Gasteiger partial charge in [0.25, 0.3) is 0 Å². The molecule has 0 aromatic heterocycles. The smallest absolute Gasteiger partial charge is 0.187 e. The second-order valence-electron chi connectivity index (χ2n) is 18.1. The van der Waals surface area contributed by atoms with Gasteiger partial charge in [-0.3, -0.25) is 0 Å². The Bertz CT molecular complexity index is 1210. The highest BCUT2D eigenvalue weighted by Crippen LogP contribution is 2.70. The molecule has 0 aromatic rings. The van der Waals surface area contributed by atoms with E-state index in [0.29, 0.717) is 32.1 Å². The van der Waals surface area contributed by atoms with E-state index in [1.54, 1.807) is 0 Å². The van der Waals surface area contributed by atoms with Crippen molar-refractivity contribution in [3.05, 3.63) is 0 Å². The third-order valence-corrected chi connectivity index (χ3v) is 14.9. The van der Waals surface area contributed by atoms with Crippen LogP contribution in [-0.4, -0.2) is 152 Å². The van der Waals surface area contributed by atoms with Gasteiger partial charge in [0.05, 0.1) is 49.3 Å². The maximum atomic E-state index is 12.6. The summed E-state index contributed by atoms with van der Waals surface area (Å²) in [4.78, 5) is 0. The van der Waals surface area contributed by atoms with E-state index in [1.807, 2.05) is 20.8 Å². The van der Waals surface area contributed by atoms with Crippen LogP contribution in [-0.2, 0) is 23.7 Å². The normalized spacial score (nSPS) is 53.3. The number of hydrogen-bond acceptors (Lipinski definition) is 14. The molecule has 2 aliphatic heterocycles. The van der Waals surface area contributed by atoms with E-state index in [4.69, 9.17) is 23.7 Å². The summed E-state index contributed by atoms with van der Waals surface area (Å²) >= 11 is 0. The number of aliphatic hydroxyl groups is 9. The van der Waals surface area contributed by atoms with Gasteiger partial charge < -0.3 is 69.6 Å². The van der Waals surface area contributed by atoms with E-state index < -0.39 is 108 Å². The molecular formula is C38H66O14. The minimum Gasteiger partial charge on any atom is -0.394 e. The lowest BCUT2D eigenvalue weighted by Gasteiger charge is -2.66. The fourth-order valence-corrected chi connectivity index (χ4v) is 12.3. The van der Waals surface area contributed by atoms with Crippen molar-refractivity contribution in [2.45, 2.75) is 171 Å². The minimum absolute atomic E-state index is 0.0341. The monoisotopic (exact) mass is 746 g/mol. The van der Waals surface area contributed by atoms with Crippen molar-refractivity contribution in [3.63, 3.8) is 0 Å². The molecule has 2 saturated heterocycles. The van der Waals surface area contributed by atoms with Gasteiger partial charge in [0.15, 0.2) is 12.6 Å². The largest absolute Gasteiger partial charge is 0.394 e. The average molecular weight is 747 g/mol. The third-order valence-electron chi connectivity index (χ3n) is 14.9. The lowest BCUT2D eigenvalue weighted by atomic mass is 9.41. The summed E-state index contributed by atoms with van der Waals surface area (Å²) in [5.74, 6) is -0.947. The number of rotatable bonds is 11. The van der Waals surface area contributed by atoms with E-state index in [-0.39, 0.29) is 42.8 Å². The van der Waals surface area contributed by atoms with Gasteiger partial charge in [-0.25, -0.2) is 0 Å². The second kappa shape index (κ2) is 15.4. The van der Waals surface area contributed by atoms with Crippen LogP contribution in [0.1, 0.15) is 86.0 Å². The highest BCUT2D eigenvalue weighted by atomic mass is 16.8. The van der Waals surface area contributed by atoms with Crippen molar-refractivity contribution >= 4 is 0 Å². The SMILES string of the molecule is CO[C@H]1[C@H](O[C@H]2[C@H](O[C@@H](CC[C@@H](C)[C@H]3C[C@@H](O)[C@@H]4[C@]3(C)CC[C@@H]3[C@@]5(C)CC[C@H](O)[C@H](O)[C@@H]5[C@@H](O)C[C@]34O)C(C)C)O[C@@H](CO)[C@@H]2O)OC[C@@H](O)[C@@H]1O. The maximum absolute atomic E-state index is 12.6. The van der Waals surface area contributed by atoms with E-state index in [2.05, 4.69) is 13.8 Å². The molecule has 9 N–H and O–H groups in total. The van der Waals surface area contributed by atoms with Crippen molar-refractivity contribution in [1.82, 2.24) is 0 Å². The summed E-state index contributed by atoms with van der Waals surface area (Å²) in [5.41, 5.74) is -2.27. The highest BCUT2D eigenvalue weighted by molar-refractivity contribution is 5.21. The van der Waals surface area contributed by atoms with Crippen LogP contribution >= 0.6 is 0 Å². The molecule has 4 aliphatic carbocycles. The topological polar surface area (TPSA) is 228 Å². The van der Waals surface area contributed by atoms with Crippen LogP contribution in [0.5, 0.6) is 0 Å². The lowest BCUT2D eigenvalue weighted by Crippen LogP contribution is -2.70. The van der Waals surface area contributed by atoms with E-state index in [1.165, 1.54) is 7.11 Å². The van der Waals surface area contributed by atoms with Gasteiger partial charge in [0.2, 0.25) is 0 Å². The molecule has 0 unspecified atom stereocenters.